The van der Waals surface area contributed by atoms with Gasteiger partial charge in [-0.1, -0.05) is 32.6 Å². The maximum Gasteiger partial charge on any atom is 0.0537 e. The van der Waals surface area contributed by atoms with E-state index < -0.39 is 0 Å². The van der Waals surface area contributed by atoms with E-state index in [1.807, 2.05) is 6.92 Å². The lowest BCUT2D eigenvalue weighted by Gasteiger charge is -2.06. The first-order valence-electron chi connectivity index (χ1n) is 5.10. The first-order valence-corrected chi connectivity index (χ1v) is 5.10. The highest BCUT2D eigenvalue weighted by atomic mass is 16.3. The van der Waals surface area contributed by atoms with Gasteiger partial charge in [-0.3, -0.25) is 0 Å². The van der Waals surface area contributed by atoms with Crippen molar-refractivity contribution in [2.24, 2.45) is 0 Å². The molecule has 0 aliphatic heterocycles. The van der Waals surface area contributed by atoms with Crippen LogP contribution in [0.15, 0.2) is 0 Å². The lowest BCUT2D eigenvalue weighted by atomic mass is 10.1. The van der Waals surface area contributed by atoms with E-state index in [1.165, 1.54) is 12.8 Å². The molecule has 0 saturated carbocycles. The van der Waals surface area contributed by atoms with Crippen molar-refractivity contribution >= 4 is 0 Å². The molecule has 0 amide bonds. The summed E-state index contributed by atoms with van der Waals surface area (Å²) in [5.74, 6) is 0. The Morgan fingerprint density at radius 1 is 1.00 bits per heavy atom. The Morgan fingerprint density at radius 3 is 2.17 bits per heavy atom. The molecule has 0 rings (SSSR count). The van der Waals surface area contributed by atoms with Gasteiger partial charge in [-0.15, -0.1) is 0 Å². The van der Waals surface area contributed by atoms with Gasteiger partial charge < -0.3 is 10.2 Å². The third-order valence-corrected chi connectivity index (χ3v) is 2.17. The smallest absolute Gasteiger partial charge is 0.0537 e. The van der Waals surface area contributed by atoms with E-state index in [2.05, 4.69) is 0 Å². The molecule has 12 heavy (non-hydrogen) atoms. The monoisotopic (exact) mass is 174 g/mol. The summed E-state index contributed by atoms with van der Waals surface area (Å²) in [7, 11) is 0. The van der Waals surface area contributed by atoms with Gasteiger partial charge >= 0.3 is 0 Å². The molecular formula is C10H22O2. The summed E-state index contributed by atoms with van der Waals surface area (Å²) >= 11 is 0. The van der Waals surface area contributed by atoms with Crippen molar-refractivity contribution in [3.63, 3.8) is 0 Å². The number of aliphatic hydroxyl groups excluding tert-OH is 2. The molecule has 0 aliphatic carbocycles. The number of aliphatic hydroxyl groups is 2. The first-order chi connectivity index (χ1) is 5.81. The molecule has 0 aliphatic rings. The molecule has 0 saturated heterocycles. The average Bonchev–Trinajstić information content (AvgIpc) is 2.10. The Morgan fingerprint density at radius 2 is 1.58 bits per heavy atom. The minimum absolute atomic E-state index is 0.0946. The Labute approximate surface area is 75.6 Å². The molecule has 2 nitrogen and oxygen atoms in total. The van der Waals surface area contributed by atoms with Gasteiger partial charge in [0.15, 0.2) is 0 Å². The zero-order valence-corrected chi connectivity index (χ0v) is 8.13. The number of rotatable bonds is 8. The zero-order valence-electron chi connectivity index (χ0n) is 8.13. The van der Waals surface area contributed by atoms with E-state index in [0.29, 0.717) is 6.61 Å². The Kier molecular flexibility index (Phi) is 8.95. The van der Waals surface area contributed by atoms with Crippen molar-refractivity contribution in [3.8, 4) is 0 Å². The van der Waals surface area contributed by atoms with Crippen molar-refractivity contribution in [1.82, 2.24) is 0 Å². The van der Waals surface area contributed by atoms with Crippen molar-refractivity contribution in [2.75, 3.05) is 6.61 Å². The number of hydrogen-bond acceptors (Lipinski definition) is 2. The second-order valence-corrected chi connectivity index (χ2v) is 3.34. The molecule has 0 aromatic rings. The fourth-order valence-electron chi connectivity index (χ4n) is 1.23. The normalized spacial score (nSPS) is 13.2. The maximum absolute atomic E-state index is 9.22. The third-order valence-electron chi connectivity index (χ3n) is 2.17. The van der Waals surface area contributed by atoms with Crippen LogP contribution in [-0.2, 0) is 0 Å². The zero-order chi connectivity index (χ0) is 9.23. The van der Waals surface area contributed by atoms with Gasteiger partial charge in [0.1, 0.15) is 0 Å². The standard InChI is InChI=1S/C10H22O2/c1-2-10(12)8-6-4-3-5-7-9-11/h10-12H,2-9H2,1H3. The van der Waals surface area contributed by atoms with Gasteiger partial charge in [-0.2, -0.15) is 0 Å². The van der Waals surface area contributed by atoms with E-state index in [9.17, 15) is 5.11 Å². The molecule has 2 heteroatoms. The van der Waals surface area contributed by atoms with Crippen LogP contribution < -0.4 is 0 Å². The summed E-state index contributed by atoms with van der Waals surface area (Å²) in [5, 5.41) is 17.7. The predicted molar refractivity (Wildman–Crippen MR) is 51.1 cm³/mol. The molecule has 0 spiro atoms. The molecule has 0 aromatic heterocycles. The van der Waals surface area contributed by atoms with Gasteiger partial charge in [0.25, 0.3) is 0 Å². The van der Waals surface area contributed by atoms with Crippen LogP contribution in [0, 0.1) is 0 Å². The summed E-state index contributed by atoms with van der Waals surface area (Å²) < 4.78 is 0. The van der Waals surface area contributed by atoms with Crippen LogP contribution >= 0.6 is 0 Å². The molecule has 0 bridgehead atoms. The van der Waals surface area contributed by atoms with E-state index in [1.54, 1.807) is 0 Å². The molecule has 1 unspecified atom stereocenters. The van der Waals surface area contributed by atoms with Crippen molar-refractivity contribution in [2.45, 2.75) is 58.0 Å². The SMILES string of the molecule is CCC(O)CCCCCCCO. The fourth-order valence-corrected chi connectivity index (χ4v) is 1.23. The van der Waals surface area contributed by atoms with Crippen molar-refractivity contribution in [3.05, 3.63) is 0 Å². The van der Waals surface area contributed by atoms with Crippen LogP contribution in [-0.4, -0.2) is 22.9 Å². The third kappa shape index (κ3) is 8.02. The predicted octanol–water partition coefficient (Wildman–Crippen LogP) is 2.09. The van der Waals surface area contributed by atoms with E-state index in [4.69, 9.17) is 5.11 Å². The second kappa shape index (κ2) is 9.01. The van der Waals surface area contributed by atoms with E-state index >= 15 is 0 Å². The summed E-state index contributed by atoms with van der Waals surface area (Å²) in [6.45, 7) is 2.33. The quantitative estimate of drug-likeness (QED) is 0.553. The number of hydrogen-bond donors (Lipinski definition) is 2. The summed E-state index contributed by atoms with van der Waals surface area (Å²) in [5.41, 5.74) is 0. The largest absolute Gasteiger partial charge is 0.396 e. The average molecular weight is 174 g/mol. The van der Waals surface area contributed by atoms with Crippen LogP contribution in [0.1, 0.15) is 51.9 Å². The van der Waals surface area contributed by atoms with Crippen LogP contribution in [0.4, 0.5) is 0 Å². The molecule has 0 heterocycles. The second-order valence-electron chi connectivity index (χ2n) is 3.34. The van der Waals surface area contributed by atoms with Gasteiger partial charge in [0.05, 0.1) is 6.10 Å². The lowest BCUT2D eigenvalue weighted by Crippen LogP contribution is -2.03. The topological polar surface area (TPSA) is 40.5 Å². The molecular weight excluding hydrogens is 152 g/mol. The molecule has 0 aromatic carbocycles. The molecule has 2 N–H and O–H groups in total. The summed E-state index contributed by atoms with van der Waals surface area (Å²) in [6.07, 6.45) is 7.28. The summed E-state index contributed by atoms with van der Waals surface area (Å²) in [4.78, 5) is 0. The number of unbranched alkanes of at least 4 members (excludes halogenated alkanes) is 4. The van der Waals surface area contributed by atoms with Crippen LogP contribution in [0.2, 0.25) is 0 Å². The highest BCUT2D eigenvalue weighted by Gasteiger charge is 1.98. The van der Waals surface area contributed by atoms with E-state index in [-0.39, 0.29) is 6.10 Å². The van der Waals surface area contributed by atoms with Gasteiger partial charge in [0.2, 0.25) is 0 Å². The molecule has 74 valence electrons. The van der Waals surface area contributed by atoms with Crippen LogP contribution in [0.3, 0.4) is 0 Å². The van der Waals surface area contributed by atoms with Gasteiger partial charge in [0, 0.05) is 6.61 Å². The minimum atomic E-state index is -0.0946. The Bertz CT molecular complexity index is 83.9. The lowest BCUT2D eigenvalue weighted by molar-refractivity contribution is 0.156. The molecule has 0 fully saturated rings. The van der Waals surface area contributed by atoms with Crippen LogP contribution in [0.25, 0.3) is 0 Å². The van der Waals surface area contributed by atoms with Crippen molar-refractivity contribution in [1.29, 1.82) is 0 Å². The van der Waals surface area contributed by atoms with Crippen LogP contribution in [0.5, 0.6) is 0 Å². The Hall–Kier alpha value is -0.0800. The molecule has 0 radical (unpaired) electrons. The highest BCUT2D eigenvalue weighted by Crippen LogP contribution is 2.08. The molecule has 1 atom stereocenters. The Balaban J connectivity index is 2.90. The van der Waals surface area contributed by atoms with Gasteiger partial charge in [-0.05, 0) is 19.3 Å². The summed E-state index contributed by atoms with van der Waals surface area (Å²) in [6, 6.07) is 0. The maximum atomic E-state index is 9.22. The van der Waals surface area contributed by atoms with E-state index in [0.717, 1.165) is 32.1 Å². The van der Waals surface area contributed by atoms with Gasteiger partial charge in [-0.25, -0.2) is 0 Å². The highest BCUT2D eigenvalue weighted by molar-refractivity contribution is 4.52. The first kappa shape index (κ1) is 11.9. The van der Waals surface area contributed by atoms with Crippen molar-refractivity contribution < 1.29 is 10.2 Å². The minimum Gasteiger partial charge on any atom is -0.396 e. The fraction of sp³-hybridized carbons (Fsp3) is 1.00.